The summed E-state index contributed by atoms with van der Waals surface area (Å²) in [4.78, 5) is 22.0. The van der Waals surface area contributed by atoms with Gasteiger partial charge in [0, 0.05) is 10.7 Å². The molecule has 0 spiro atoms. The number of anilines is 1. The quantitative estimate of drug-likeness (QED) is 0.847. The van der Waals surface area contributed by atoms with Gasteiger partial charge in [-0.15, -0.1) is 0 Å². The number of methoxy groups -OCH3 is 1. The Balaban J connectivity index is 2.40. The van der Waals surface area contributed by atoms with E-state index in [4.69, 9.17) is 11.6 Å². The molecule has 2 amide bonds. The Morgan fingerprint density at radius 3 is 2.50 bits per heavy atom. The summed E-state index contributed by atoms with van der Waals surface area (Å²) in [6.07, 6.45) is -0.647. The van der Waals surface area contributed by atoms with Crippen LogP contribution in [0.25, 0.3) is 0 Å². The van der Waals surface area contributed by atoms with Crippen LogP contribution in [0.2, 0.25) is 5.02 Å². The van der Waals surface area contributed by atoms with Gasteiger partial charge in [-0.25, -0.2) is 4.79 Å². The molecule has 2 N–H and O–H groups in total. The molecule has 0 bridgehead atoms. The van der Waals surface area contributed by atoms with E-state index < -0.39 is 6.09 Å². The lowest BCUT2D eigenvalue weighted by Gasteiger charge is -2.05. The summed E-state index contributed by atoms with van der Waals surface area (Å²) < 4.78 is 4.32. The van der Waals surface area contributed by atoms with Gasteiger partial charge in [0.1, 0.15) is 6.54 Å². The average Bonchev–Trinajstić information content (AvgIpc) is 2.29. The molecule has 86 valence electrons. The number of halogens is 1. The van der Waals surface area contributed by atoms with Crippen LogP contribution >= 0.6 is 11.6 Å². The molecule has 0 aliphatic heterocycles. The van der Waals surface area contributed by atoms with Crippen molar-refractivity contribution in [1.29, 1.82) is 0 Å². The maximum atomic E-state index is 11.3. The van der Waals surface area contributed by atoms with Crippen LogP contribution in [-0.4, -0.2) is 25.7 Å². The molecule has 0 heterocycles. The van der Waals surface area contributed by atoms with Crippen LogP contribution in [0.15, 0.2) is 24.3 Å². The molecule has 0 fully saturated rings. The maximum Gasteiger partial charge on any atom is 0.407 e. The summed E-state index contributed by atoms with van der Waals surface area (Å²) in [5, 5.41) is 5.43. The van der Waals surface area contributed by atoms with Crippen LogP contribution in [0.3, 0.4) is 0 Å². The minimum absolute atomic E-state index is 0.144. The van der Waals surface area contributed by atoms with Crippen molar-refractivity contribution in [3.8, 4) is 0 Å². The van der Waals surface area contributed by atoms with Crippen LogP contribution in [0.4, 0.5) is 10.5 Å². The first-order valence-electron chi connectivity index (χ1n) is 4.49. The van der Waals surface area contributed by atoms with Crippen LogP contribution < -0.4 is 10.6 Å². The van der Waals surface area contributed by atoms with Gasteiger partial charge in [0.2, 0.25) is 5.91 Å². The highest BCUT2D eigenvalue weighted by molar-refractivity contribution is 6.30. The Morgan fingerprint density at radius 2 is 1.94 bits per heavy atom. The number of alkyl carbamates (subject to hydrolysis) is 1. The van der Waals surface area contributed by atoms with Crippen LogP contribution in [-0.2, 0) is 9.53 Å². The standard InChI is InChI=1S/C10H11ClN2O3/c1-16-10(15)12-6-9(14)13-8-4-2-7(11)3-5-8/h2-5H,6H2,1H3,(H,12,15)(H,13,14). The third kappa shape index (κ3) is 4.18. The average molecular weight is 243 g/mol. The summed E-state index contributed by atoms with van der Waals surface area (Å²) >= 11 is 5.68. The van der Waals surface area contributed by atoms with E-state index in [0.717, 1.165) is 0 Å². The van der Waals surface area contributed by atoms with Crippen LogP contribution in [0, 0.1) is 0 Å². The SMILES string of the molecule is COC(=O)NCC(=O)Nc1ccc(Cl)cc1. The van der Waals surface area contributed by atoms with Gasteiger partial charge in [-0.1, -0.05) is 11.6 Å². The molecule has 0 aliphatic rings. The van der Waals surface area contributed by atoms with Crippen molar-refractivity contribution in [3.63, 3.8) is 0 Å². The Hall–Kier alpha value is -1.75. The summed E-state index contributed by atoms with van der Waals surface area (Å²) in [6, 6.07) is 6.65. The second kappa shape index (κ2) is 5.97. The van der Waals surface area contributed by atoms with E-state index in [-0.39, 0.29) is 12.5 Å². The van der Waals surface area contributed by atoms with Gasteiger partial charge < -0.3 is 15.4 Å². The zero-order valence-electron chi connectivity index (χ0n) is 8.62. The first-order chi connectivity index (χ1) is 7.61. The molecule has 0 saturated carbocycles. The molecule has 0 unspecified atom stereocenters. The molecule has 0 radical (unpaired) electrons. The highest BCUT2D eigenvalue weighted by Crippen LogP contribution is 2.12. The predicted molar refractivity (Wildman–Crippen MR) is 60.5 cm³/mol. The number of hydrogen-bond acceptors (Lipinski definition) is 3. The third-order valence-corrected chi connectivity index (χ3v) is 1.96. The second-order valence-corrected chi connectivity index (χ2v) is 3.34. The highest BCUT2D eigenvalue weighted by Gasteiger charge is 2.04. The first-order valence-corrected chi connectivity index (χ1v) is 4.87. The van der Waals surface area contributed by atoms with E-state index in [1.165, 1.54) is 7.11 Å². The Morgan fingerprint density at radius 1 is 1.31 bits per heavy atom. The lowest BCUT2D eigenvalue weighted by Crippen LogP contribution is -2.32. The molecular weight excluding hydrogens is 232 g/mol. The minimum Gasteiger partial charge on any atom is -0.453 e. The maximum absolute atomic E-state index is 11.3. The van der Waals surface area contributed by atoms with E-state index in [2.05, 4.69) is 15.4 Å². The topological polar surface area (TPSA) is 67.4 Å². The number of ether oxygens (including phenoxy) is 1. The van der Waals surface area contributed by atoms with Crippen LogP contribution in [0.1, 0.15) is 0 Å². The molecule has 1 rings (SSSR count). The van der Waals surface area contributed by atoms with Gasteiger partial charge in [-0.2, -0.15) is 0 Å². The predicted octanol–water partition coefficient (Wildman–Crippen LogP) is 1.63. The summed E-state index contributed by atoms with van der Waals surface area (Å²) in [5.41, 5.74) is 0.612. The molecule has 0 atom stereocenters. The minimum atomic E-state index is -0.647. The van der Waals surface area contributed by atoms with Gasteiger partial charge in [-0.3, -0.25) is 4.79 Å². The van der Waals surface area contributed by atoms with E-state index in [0.29, 0.717) is 10.7 Å². The number of carbonyl (C=O) groups is 2. The van der Waals surface area contributed by atoms with Gasteiger partial charge >= 0.3 is 6.09 Å². The van der Waals surface area contributed by atoms with Gasteiger partial charge in [-0.05, 0) is 24.3 Å². The molecule has 0 aliphatic carbocycles. The molecule has 0 aromatic heterocycles. The summed E-state index contributed by atoms with van der Waals surface area (Å²) in [5.74, 6) is -0.340. The van der Waals surface area contributed by atoms with Crippen molar-refractivity contribution in [1.82, 2.24) is 5.32 Å². The fraction of sp³-hybridized carbons (Fsp3) is 0.200. The molecule has 0 saturated heterocycles. The number of nitrogens with one attached hydrogen (secondary N) is 2. The van der Waals surface area contributed by atoms with Crippen molar-refractivity contribution in [3.05, 3.63) is 29.3 Å². The third-order valence-electron chi connectivity index (χ3n) is 1.71. The van der Waals surface area contributed by atoms with Crippen molar-refractivity contribution in [2.75, 3.05) is 19.0 Å². The summed E-state index contributed by atoms with van der Waals surface area (Å²) in [6.45, 7) is -0.144. The highest BCUT2D eigenvalue weighted by atomic mass is 35.5. The van der Waals surface area contributed by atoms with E-state index in [1.807, 2.05) is 0 Å². The number of amides is 2. The number of carbonyl (C=O) groups excluding carboxylic acids is 2. The Kier molecular flexibility index (Phi) is 4.60. The number of hydrogen-bond donors (Lipinski definition) is 2. The lowest BCUT2D eigenvalue weighted by atomic mass is 10.3. The van der Waals surface area contributed by atoms with Crippen molar-refractivity contribution >= 4 is 29.3 Å². The fourth-order valence-electron chi connectivity index (χ4n) is 0.963. The normalized spacial score (nSPS) is 9.38. The Labute approximate surface area is 97.7 Å². The van der Waals surface area contributed by atoms with Gasteiger partial charge in [0.05, 0.1) is 7.11 Å². The largest absolute Gasteiger partial charge is 0.453 e. The van der Waals surface area contributed by atoms with E-state index >= 15 is 0 Å². The smallest absolute Gasteiger partial charge is 0.407 e. The summed E-state index contributed by atoms with van der Waals surface area (Å²) in [7, 11) is 1.23. The zero-order valence-corrected chi connectivity index (χ0v) is 9.38. The Bertz CT molecular complexity index is 378. The van der Waals surface area contributed by atoms with Gasteiger partial charge in [0.15, 0.2) is 0 Å². The first kappa shape index (κ1) is 12.3. The fourth-order valence-corrected chi connectivity index (χ4v) is 1.09. The molecule has 6 heteroatoms. The van der Waals surface area contributed by atoms with Crippen LogP contribution in [0.5, 0.6) is 0 Å². The van der Waals surface area contributed by atoms with E-state index in [1.54, 1.807) is 24.3 Å². The molecule has 1 aromatic carbocycles. The number of benzene rings is 1. The number of rotatable bonds is 3. The van der Waals surface area contributed by atoms with Crippen molar-refractivity contribution in [2.24, 2.45) is 0 Å². The lowest BCUT2D eigenvalue weighted by molar-refractivity contribution is -0.115. The second-order valence-electron chi connectivity index (χ2n) is 2.90. The molecule has 16 heavy (non-hydrogen) atoms. The molecule has 1 aromatic rings. The van der Waals surface area contributed by atoms with Crippen molar-refractivity contribution < 1.29 is 14.3 Å². The monoisotopic (exact) mass is 242 g/mol. The zero-order chi connectivity index (χ0) is 12.0. The van der Waals surface area contributed by atoms with E-state index in [9.17, 15) is 9.59 Å². The van der Waals surface area contributed by atoms with Gasteiger partial charge in [0.25, 0.3) is 0 Å². The molecular formula is C10H11ClN2O3. The molecule has 5 nitrogen and oxygen atoms in total. The van der Waals surface area contributed by atoms with Crippen molar-refractivity contribution in [2.45, 2.75) is 0 Å².